The third-order valence-electron chi connectivity index (χ3n) is 7.48. The number of aryl methyl sites for hydroxylation is 2. The van der Waals surface area contributed by atoms with E-state index in [0.717, 1.165) is 35.6 Å². The number of halogens is 2. The van der Waals surface area contributed by atoms with Gasteiger partial charge in [0, 0.05) is 12.6 Å². The van der Waals surface area contributed by atoms with Gasteiger partial charge in [-0.05, 0) is 75.1 Å². The number of sulfonamides is 1. The van der Waals surface area contributed by atoms with E-state index in [-0.39, 0.29) is 23.4 Å². The fourth-order valence-electron chi connectivity index (χ4n) is 5.00. The molecule has 4 rings (SSSR count). The highest BCUT2D eigenvalue weighted by molar-refractivity contribution is 7.92. The molecule has 218 valence electrons. The van der Waals surface area contributed by atoms with Crippen LogP contribution in [0.25, 0.3) is 0 Å². The second-order valence-corrected chi connectivity index (χ2v) is 13.2. The number of carbonyl (C=O) groups is 2. The van der Waals surface area contributed by atoms with Crippen LogP contribution < -0.4 is 9.62 Å². The van der Waals surface area contributed by atoms with Crippen LogP contribution in [0, 0.1) is 13.8 Å². The first-order chi connectivity index (χ1) is 19.5. The van der Waals surface area contributed by atoms with Crippen molar-refractivity contribution < 1.29 is 18.0 Å². The Bertz CT molecular complexity index is 1510. The van der Waals surface area contributed by atoms with Gasteiger partial charge in [-0.2, -0.15) is 0 Å². The van der Waals surface area contributed by atoms with Crippen LogP contribution in [-0.2, 0) is 26.2 Å². The summed E-state index contributed by atoms with van der Waals surface area (Å²) in [5.41, 5.74) is 2.66. The summed E-state index contributed by atoms with van der Waals surface area (Å²) in [7, 11) is -4.13. The Morgan fingerprint density at radius 3 is 2.24 bits per heavy atom. The first-order valence-electron chi connectivity index (χ1n) is 13.7. The molecule has 1 aliphatic carbocycles. The molecule has 0 radical (unpaired) electrons. The number of anilines is 1. The van der Waals surface area contributed by atoms with E-state index in [1.54, 1.807) is 62.4 Å². The van der Waals surface area contributed by atoms with Crippen LogP contribution in [0.15, 0.2) is 71.6 Å². The number of benzene rings is 3. The average molecular weight is 617 g/mol. The predicted octanol–water partition coefficient (Wildman–Crippen LogP) is 6.28. The van der Waals surface area contributed by atoms with Crippen molar-refractivity contribution >= 4 is 50.7 Å². The topological polar surface area (TPSA) is 86.8 Å². The van der Waals surface area contributed by atoms with Crippen molar-refractivity contribution in [1.29, 1.82) is 0 Å². The zero-order valence-corrected chi connectivity index (χ0v) is 25.8. The van der Waals surface area contributed by atoms with Gasteiger partial charge in [0.2, 0.25) is 11.8 Å². The van der Waals surface area contributed by atoms with Gasteiger partial charge in [0.05, 0.1) is 20.6 Å². The van der Waals surface area contributed by atoms with Gasteiger partial charge >= 0.3 is 0 Å². The van der Waals surface area contributed by atoms with Crippen molar-refractivity contribution in [3.8, 4) is 0 Å². The fourth-order valence-corrected chi connectivity index (χ4v) is 6.80. The Hall–Kier alpha value is -3.07. The van der Waals surface area contributed by atoms with E-state index in [1.807, 2.05) is 13.0 Å². The molecule has 1 atom stereocenters. The molecular weight excluding hydrogens is 581 g/mol. The van der Waals surface area contributed by atoms with Crippen LogP contribution in [0.1, 0.15) is 49.3 Å². The molecule has 41 heavy (non-hydrogen) atoms. The van der Waals surface area contributed by atoms with Crippen molar-refractivity contribution in [2.45, 2.75) is 70.0 Å². The molecule has 0 aromatic heterocycles. The van der Waals surface area contributed by atoms with Crippen LogP contribution >= 0.6 is 23.2 Å². The molecule has 0 bridgehead atoms. The molecule has 1 saturated carbocycles. The maximum Gasteiger partial charge on any atom is 0.264 e. The van der Waals surface area contributed by atoms with Gasteiger partial charge < -0.3 is 10.2 Å². The maximum atomic E-state index is 14.1. The van der Waals surface area contributed by atoms with E-state index in [2.05, 4.69) is 5.32 Å². The number of nitrogens with zero attached hydrogens (tertiary/aromatic N) is 2. The Balaban J connectivity index is 1.70. The van der Waals surface area contributed by atoms with Gasteiger partial charge in [0.25, 0.3) is 10.0 Å². The number of hydrogen-bond donors (Lipinski definition) is 1. The van der Waals surface area contributed by atoms with E-state index in [9.17, 15) is 18.0 Å². The number of carbonyl (C=O) groups excluding carboxylic acids is 2. The molecule has 1 N–H and O–H groups in total. The molecule has 0 saturated heterocycles. The van der Waals surface area contributed by atoms with Gasteiger partial charge in [-0.3, -0.25) is 13.9 Å². The quantitative estimate of drug-likeness (QED) is 0.291. The third-order valence-corrected chi connectivity index (χ3v) is 9.99. The predicted molar refractivity (Wildman–Crippen MR) is 164 cm³/mol. The Morgan fingerprint density at radius 2 is 1.61 bits per heavy atom. The van der Waals surface area contributed by atoms with Crippen molar-refractivity contribution in [2.75, 3.05) is 10.8 Å². The minimum Gasteiger partial charge on any atom is -0.352 e. The standard InChI is InChI=1S/C31H35Cl2N3O4S/c1-21-12-15-26(16-13-21)41(39,40)36(29-11-7-4-8-22(29)2)20-30(37)35(19-24-14-17-27(32)28(33)18-24)23(3)31(38)34-25-9-5-6-10-25/h4,7-8,11-18,23,25H,5-6,9-10,19-20H2,1-3H3,(H,34,38). The number of hydrogen-bond acceptors (Lipinski definition) is 4. The minimum absolute atomic E-state index is 0.0428. The molecular formula is C31H35Cl2N3O4S. The summed E-state index contributed by atoms with van der Waals surface area (Å²) in [5, 5.41) is 3.76. The van der Waals surface area contributed by atoms with Crippen LogP contribution in [0.5, 0.6) is 0 Å². The normalized spacial score (nSPS) is 14.5. The Labute approximate surface area is 252 Å². The molecule has 2 amide bonds. The van der Waals surface area contributed by atoms with Crippen molar-refractivity contribution in [3.63, 3.8) is 0 Å². The summed E-state index contributed by atoms with van der Waals surface area (Å²) in [6, 6.07) is 17.7. The van der Waals surface area contributed by atoms with Gasteiger partial charge in [-0.25, -0.2) is 8.42 Å². The van der Waals surface area contributed by atoms with E-state index < -0.39 is 28.5 Å². The molecule has 1 unspecified atom stereocenters. The molecule has 0 spiro atoms. The lowest BCUT2D eigenvalue weighted by Crippen LogP contribution is -2.52. The molecule has 10 heteroatoms. The lowest BCUT2D eigenvalue weighted by atomic mass is 10.1. The highest BCUT2D eigenvalue weighted by Gasteiger charge is 2.33. The van der Waals surface area contributed by atoms with Gasteiger partial charge in [0.1, 0.15) is 12.6 Å². The largest absolute Gasteiger partial charge is 0.352 e. The second-order valence-electron chi connectivity index (χ2n) is 10.5. The molecule has 1 aliphatic rings. The molecule has 3 aromatic rings. The molecule has 0 heterocycles. The number of amides is 2. The van der Waals surface area contributed by atoms with Crippen LogP contribution in [0.3, 0.4) is 0 Å². The summed E-state index contributed by atoms with van der Waals surface area (Å²) < 4.78 is 29.1. The number of nitrogens with one attached hydrogen (secondary N) is 1. The smallest absolute Gasteiger partial charge is 0.264 e. The maximum absolute atomic E-state index is 14.1. The summed E-state index contributed by atoms with van der Waals surface area (Å²) in [6.07, 6.45) is 3.89. The SMILES string of the molecule is Cc1ccc(S(=O)(=O)N(CC(=O)N(Cc2ccc(Cl)c(Cl)c2)C(C)C(=O)NC2CCCC2)c2ccccc2C)cc1. The molecule has 7 nitrogen and oxygen atoms in total. The van der Waals surface area contributed by atoms with Gasteiger partial charge in [-0.15, -0.1) is 0 Å². The van der Waals surface area contributed by atoms with Crippen LogP contribution in [-0.4, -0.2) is 43.8 Å². The van der Waals surface area contributed by atoms with Crippen molar-refractivity contribution in [1.82, 2.24) is 10.2 Å². The minimum atomic E-state index is -4.13. The summed E-state index contributed by atoms with van der Waals surface area (Å²) >= 11 is 12.4. The highest BCUT2D eigenvalue weighted by atomic mass is 35.5. The fraction of sp³-hybridized carbons (Fsp3) is 0.355. The zero-order valence-electron chi connectivity index (χ0n) is 23.4. The Morgan fingerprint density at radius 1 is 0.951 bits per heavy atom. The van der Waals surface area contributed by atoms with Crippen molar-refractivity contribution in [3.05, 3.63) is 93.5 Å². The summed E-state index contributed by atoms with van der Waals surface area (Å²) in [6.45, 7) is 4.87. The number of para-hydroxylation sites is 1. The third kappa shape index (κ3) is 7.42. The summed E-state index contributed by atoms with van der Waals surface area (Å²) in [4.78, 5) is 28.9. The molecule has 3 aromatic carbocycles. The average Bonchev–Trinajstić information content (AvgIpc) is 3.45. The first kappa shape index (κ1) is 30.9. The first-order valence-corrected chi connectivity index (χ1v) is 15.9. The monoisotopic (exact) mass is 615 g/mol. The number of rotatable bonds is 10. The van der Waals surface area contributed by atoms with E-state index in [1.165, 1.54) is 17.0 Å². The lowest BCUT2D eigenvalue weighted by Gasteiger charge is -2.33. The highest BCUT2D eigenvalue weighted by Crippen LogP contribution is 2.28. The molecule has 0 aliphatic heterocycles. The molecule has 1 fully saturated rings. The van der Waals surface area contributed by atoms with Crippen LogP contribution in [0.4, 0.5) is 5.69 Å². The lowest BCUT2D eigenvalue weighted by molar-refractivity contribution is -0.139. The van der Waals surface area contributed by atoms with Gasteiger partial charge in [-0.1, -0.05) is 78.0 Å². The second kappa shape index (κ2) is 13.3. The Kier molecular flexibility index (Phi) is 10.00. The zero-order chi connectivity index (χ0) is 29.7. The van der Waals surface area contributed by atoms with Crippen LogP contribution in [0.2, 0.25) is 10.0 Å². The van der Waals surface area contributed by atoms with E-state index >= 15 is 0 Å². The summed E-state index contributed by atoms with van der Waals surface area (Å²) in [5.74, 6) is -0.807. The van der Waals surface area contributed by atoms with Crippen molar-refractivity contribution in [2.24, 2.45) is 0 Å². The van der Waals surface area contributed by atoms with E-state index in [4.69, 9.17) is 23.2 Å². The van der Waals surface area contributed by atoms with E-state index in [0.29, 0.717) is 26.9 Å². The van der Waals surface area contributed by atoms with Gasteiger partial charge in [0.15, 0.2) is 0 Å².